The maximum atomic E-state index is 14.2. The number of Topliss-reactive ketones (excluding diaryl/α,β-unsaturated/α-hetero) is 1. The van der Waals surface area contributed by atoms with E-state index in [-0.39, 0.29) is 36.1 Å². The Bertz CT molecular complexity index is 1370. The number of halogens is 2. The number of carbonyl (C=O) groups excluding carboxylic acids is 3. The van der Waals surface area contributed by atoms with Crippen molar-refractivity contribution in [2.24, 2.45) is 23.7 Å². The Morgan fingerprint density at radius 1 is 0.933 bits per heavy atom. The minimum absolute atomic E-state index is 0.0625. The van der Waals surface area contributed by atoms with Crippen LogP contribution in [0, 0.1) is 23.7 Å². The van der Waals surface area contributed by atoms with E-state index >= 15 is 0 Å². The molecule has 45 heavy (non-hydrogen) atoms. The second-order valence-corrected chi connectivity index (χ2v) is 15.4. The summed E-state index contributed by atoms with van der Waals surface area (Å²) in [5, 5.41) is 6.42. The van der Waals surface area contributed by atoms with E-state index in [4.69, 9.17) is 0 Å². The molecule has 3 unspecified atom stereocenters. The van der Waals surface area contributed by atoms with Crippen LogP contribution in [0.15, 0.2) is 51.4 Å². The predicted molar refractivity (Wildman–Crippen MR) is 184 cm³/mol. The fourth-order valence-corrected chi connectivity index (χ4v) is 9.43. The molecule has 0 spiro atoms. The molecular formula is C35H45Br2N5O3. The summed E-state index contributed by atoms with van der Waals surface area (Å²) in [6, 6.07) is 13.6. The summed E-state index contributed by atoms with van der Waals surface area (Å²) in [6.45, 7) is 5.61. The first-order valence-electron chi connectivity index (χ1n) is 16.6. The molecule has 3 amide bonds. The lowest BCUT2D eigenvalue weighted by Crippen LogP contribution is -2.56. The number of piperidine rings is 3. The van der Waals surface area contributed by atoms with Gasteiger partial charge in [-0.1, -0.05) is 50.1 Å². The van der Waals surface area contributed by atoms with E-state index in [0.717, 1.165) is 64.2 Å². The van der Waals surface area contributed by atoms with Gasteiger partial charge < -0.3 is 25.3 Å². The normalized spacial score (nSPS) is 24.2. The Morgan fingerprint density at radius 2 is 1.60 bits per heavy atom. The van der Waals surface area contributed by atoms with Crippen molar-refractivity contribution >= 4 is 55.3 Å². The van der Waals surface area contributed by atoms with Crippen molar-refractivity contribution in [3.8, 4) is 0 Å². The number of hydrogen-bond acceptors (Lipinski definition) is 5. The average molecular weight is 744 g/mol. The molecule has 3 atom stereocenters. The van der Waals surface area contributed by atoms with Gasteiger partial charge in [-0.2, -0.15) is 0 Å². The first kappa shape index (κ1) is 32.7. The number of hydrogen-bond donors (Lipinski definition) is 2. The van der Waals surface area contributed by atoms with Crippen LogP contribution in [-0.2, 0) is 22.6 Å². The Hall–Kier alpha value is -2.27. The largest absolute Gasteiger partial charge is 0.342 e. The Kier molecular flexibility index (Phi) is 10.6. The van der Waals surface area contributed by atoms with Gasteiger partial charge in [0.05, 0.1) is 5.92 Å². The molecule has 3 saturated heterocycles. The third-order valence-electron chi connectivity index (χ3n) is 10.6. The number of para-hydroxylation sites is 1. The molecule has 0 aromatic heterocycles. The smallest absolute Gasteiger partial charge is 0.322 e. The molecule has 3 fully saturated rings. The van der Waals surface area contributed by atoms with Crippen molar-refractivity contribution in [1.29, 1.82) is 0 Å². The number of fused-ring (bicyclic) bond motifs is 1. The van der Waals surface area contributed by atoms with Gasteiger partial charge in [-0.05, 0) is 112 Å². The molecule has 0 radical (unpaired) electrons. The van der Waals surface area contributed by atoms with Gasteiger partial charge in [-0.3, -0.25) is 9.59 Å². The van der Waals surface area contributed by atoms with Crippen LogP contribution >= 0.6 is 31.9 Å². The minimum atomic E-state index is -0.447. The van der Waals surface area contributed by atoms with Crippen molar-refractivity contribution in [3.63, 3.8) is 0 Å². The number of ketones is 1. The maximum Gasteiger partial charge on any atom is 0.322 e. The molecule has 4 aliphatic rings. The van der Waals surface area contributed by atoms with E-state index in [0.29, 0.717) is 31.8 Å². The fourth-order valence-electron chi connectivity index (χ4n) is 8.04. The summed E-state index contributed by atoms with van der Waals surface area (Å²) in [5.74, 6) is 0.772. The fraction of sp³-hybridized carbons (Fsp3) is 0.571. The number of carbonyl (C=O) groups is 3. The van der Waals surface area contributed by atoms with Crippen LogP contribution in [0.2, 0.25) is 0 Å². The first-order chi connectivity index (χ1) is 21.7. The van der Waals surface area contributed by atoms with E-state index in [1.54, 1.807) is 0 Å². The van der Waals surface area contributed by atoms with Crippen molar-refractivity contribution < 1.29 is 14.4 Å². The standard InChI is InChI=1S/C35H45Br2N5O3/c1-40-12-7-24(8-13-40)25-9-14-41(15-10-25)34(44)27(16-23-17-28(36)20-29(37)18-23)19-33(43)30-21-38-11-6-32(30)42-22-26-4-2-3-5-31(26)39-35(42)45/h2-5,17-18,20,24-25,27,30,32,38H,6-16,19,21-22H2,1H3,(H,39,45). The second-order valence-electron chi connectivity index (χ2n) is 13.5. The second kappa shape index (κ2) is 14.7. The number of urea groups is 1. The number of benzene rings is 2. The van der Waals surface area contributed by atoms with Gasteiger partial charge in [-0.25, -0.2) is 4.79 Å². The van der Waals surface area contributed by atoms with Crippen LogP contribution in [0.5, 0.6) is 0 Å². The van der Waals surface area contributed by atoms with Gasteiger partial charge in [0.15, 0.2) is 0 Å². The SMILES string of the molecule is CN1CCC(C2CCN(C(=O)C(CC(=O)C3CNCCC3N3Cc4ccccc4NC3=O)Cc3cc(Br)cc(Br)c3)CC2)CC1. The molecule has 242 valence electrons. The first-order valence-corrected chi connectivity index (χ1v) is 18.1. The van der Waals surface area contributed by atoms with Crippen LogP contribution in [0.1, 0.15) is 49.7 Å². The number of nitrogens with one attached hydrogen (secondary N) is 2. The Labute approximate surface area is 283 Å². The summed E-state index contributed by atoms with van der Waals surface area (Å²) in [6.07, 6.45) is 5.97. The number of anilines is 1. The van der Waals surface area contributed by atoms with Crippen molar-refractivity contribution in [3.05, 3.63) is 62.5 Å². The van der Waals surface area contributed by atoms with Gasteiger partial charge in [0.2, 0.25) is 5.91 Å². The van der Waals surface area contributed by atoms with E-state index in [1.807, 2.05) is 52.3 Å². The highest BCUT2D eigenvalue weighted by Gasteiger charge is 2.41. The molecular weight excluding hydrogens is 698 g/mol. The van der Waals surface area contributed by atoms with Gasteiger partial charge >= 0.3 is 6.03 Å². The summed E-state index contributed by atoms with van der Waals surface area (Å²) in [7, 11) is 2.20. The average Bonchev–Trinajstić information content (AvgIpc) is 3.04. The molecule has 0 saturated carbocycles. The highest BCUT2D eigenvalue weighted by molar-refractivity contribution is 9.11. The van der Waals surface area contributed by atoms with E-state index in [2.05, 4.69) is 54.4 Å². The van der Waals surface area contributed by atoms with E-state index in [9.17, 15) is 14.4 Å². The van der Waals surface area contributed by atoms with Crippen LogP contribution in [0.3, 0.4) is 0 Å². The predicted octanol–water partition coefficient (Wildman–Crippen LogP) is 5.94. The lowest BCUT2D eigenvalue weighted by Gasteiger charge is -2.42. The molecule has 2 aromatic carbocycles. The zero-order valence-corrected chi connectivity index (χ0v) is 29.3. The number of nitrogens with zero attached hydrogens (tertiary/aromatic N) is 3. The molecule has 10 heteroatoms. The molecule has 8 nitrogen and oxygen atoms in total. The van der Waals surface area contributed by atoms with Gasteiger partial charge in [0.1, 0.15) is 5.78 Å². The maximum absolute atomic E-state index is 14.2. The van der Waals surface area contributed by atoms with Gasteiger partial charge in [0.25, 0.3) is 0 Å². The van der Waals surface area contributed by atoms with Crippen LogP contribution < -0.4 is 10.6 Å². The molecule has 0 bridgehead atoms. The number of rotatable bonds is 8. The summed E-state index contributed by atoms with van der Waals surface area (Å²) >= 11 is 7.20. The zero-order valence-electron chi connectivity index (χ0n) is 26.2. The molecule has 6 rings (SSSR count). The van der Waals surface area contributed by atoms with Crippen LogP contribution in [0.25, 0.3) is 0 Å². The van der Waals surface area contributed by atoms with Crippen LogP contribution in [0.4, 0.5) is 10.5 Å². The summed E-state index contributed by atoms with van der Waals surface area (Å²) in [5.41, 5.74) is 2.91. The Morgan fingerprint density at radius 3 is 2.31 bits per heavy atom. The highest BCUT2D eigenvalue weighted by atomic mass is 79.9. The lowest BCUT2D eigenvalue weighted by molar-refractivity contribution is -0.140. The summed E-state index contributed by atoms with van der Waals surface area (Å²) in [4.78, 5) is 48.0. The van der Waals surface area contributed by atoms with Gasteiger partial charge in [0, 0.05) is 59.2 Å². The van der Waals surface area contributed by atoms with Crippen molar-refractivity contribution in [2.75, 3.05) is 51.6 Å². The van der Waals surface area contributed by atoms with Crippen LogP contribution in [-0.4, -0.2) is 84.8 Å². The third-order valence-corrected chi connectivity index (χ3v) is 11.5. The van der Waals surface area contributed by atoms with E-state index < -0.39 is 5.92 Å². The summed E-state index contributed by atoms with van der Waals surface area (Å²) < 4.78 is 1.88. The molecule has 4 aliphatic heterocycles. The molecule has 0 aliphatic carbocycles. The third kappa shape index (κ3) is 7.83. The molecule has 2 N–H and O–H groups in total. The van der Waals surface area contributed by atoms with Crippen molar-refractivity contribution in [2.45, 2.75) is 57.5 Å². The van der Waals surface area contributed by atoms with Gasteiger partial charge in [-0.15, -0.1) is 0 Å². The minimum Gasteiger partial charge on any atom is -0.342 e. The van der Waals surface area contributed by atoms with E-state index in [1.165, 1.54) is 25.9 Å². The topological polar surface area (TPSA) is 85.0 Å². The number of likely N-dealkylation sites (tertiary alicyclic amines) is 2. The molecule has 2 aromatic rings. The quantitative estimate of drug-likeness (QED) is 0.350. The molecule has 4 heterocycles. The highest BCUT2D eigenvalue weighted by Crippen LogP contribution is 2.34. The zero-order chi connectivity index (χ0) is 31.5. The van der Waals surface area contributed by atoms with Crippen molar-refractivity contribution in [1.82, 2.24) is 20.0 Å². The Balaban J connectivity index is 1.17. The monoisotopic (exact) mass is 741 g/mol. The lowest BCUT2D eigenvalue weighted by atomic mass is 9.78. The number of amides is 3.